The van der Waals surface area contributed by atoms with E-state index in [4.69, 9.17) is 0 Å². The maximum Gasteiger partial charge on any atom is 0.124 e. The zero-order valence-electron chi connectivity index (χ0n) is 8.53. The number of thiazole rings is 1. The molecule has 1 nitrogen and oxygen atoms in total. The standard InChI is InChI=1S/C12H12BrNS/c1-2-4-9-5-3-6-10(7-9)12-14-11(13)8-15-12/h3,5-8H,2,4H2,1H3. The van der Waals surface area contributed by atoms with Crippen molar-refractivity contribution >= 4 is 27.3 Å². The first-order valence-corrected chi connectivity index (χ1v) is 6.67. The maximum atomic E-state index is 4.42. The second-order valence-electron chi connectivity index (χ2n) is 3.43. The Morgan fingerprint density at radius 1 is 1.40 bits per heavy atom. The molecule has 0 atom stereocenters. The Morgan fingerprint density at radius 2 is 2.27 bits per heavy atom. The van der Waals surface area contributed by atoms with Gasteiger partial charge in [-0.2, -0.15) is 0 Å². The third-order valence-corrected chi connectivity index (χ3v) is 3.79. The van der Waals surface area contributed by atoms with Gasteiger partial charge in [0.15, 0.2) is 0 Å². The lowest BCUT2D eigenvalue weighted by molar-refractivity contribution is 0.922. The second-order valence-corrected chi connectivity index (χ2v) is 5.10. The van der Waals surface area contributed by atoms with Crippen LogP contribution in [0.25, 0.3) is 10.6 Å². The van der Waals surface area contributed by atoms with Gasteiger partial charge in [-0.1, -0.05) is 31.5 Å². The molecule has 1 aromatic heterocycles. The lowest BCUT2D eigenvalue weighted by atomic mass is 10.1. The monoisotopic (exact) mass is 281 g/mol. The summed E-state index contributed by atoms with van der Waals surface area (Å²) in [6.45, 7) is 2.20. The predicted octanol–water partition coefficient (Wildman–Crippen LogP) is 4.53. The van der Waals surface area contributed by atoms with Crippen molar-refractivity contribution < 1.29 is 0 Å². The van der Waals surface area contributed by atoms with Crippen LogP contribution in [0.4, 0.5) is 0 Å². The number of nitrogens with zero attached hydrogens (tertiary/aromatic N) is 1. The van der Waals surface area contributed by atoms with Crippen molar-refractivity contribution in [1.82, 2.24) is 4.98 Å². The van der Waals surface area contributed by atoms with Crippen LogP contribution >= 0.6 is 27.3 Å². The number of halogens is 1. The Hall–Kier alpha value is -0.670. The third-order valence-electron chi connectivity index (χ3n) is 2.19. The average molecular weight is 282 g/mol. The lowest BCUT2D eigenvalue weighted by Crippen LogP contribution is -1.84. The number of benzene rings is 1. The molecule has 78 valence electrons. The highest BCUT2D eigenvalue weighted by Crippen LogP contribution is 2.26. The summed E-state index contributed by atoms with van der Waals surface area (Å²) >= 11 is 5.05. The van der Waals surface area contributed by atoms with Gasteiger partial charge in [0.25, 0.3) is 0 Å². The van der Waals surface area contributed by atoms with Gasteiger partial charge in [-0.25, -0.2) is 4.98 Å². The third kappa shape index (κ3) is 2.67. The molecule has 0 aliphatic carbocycles. The molecule has 0 amide bonds. The molecule has 15 heavy (non-hydrogen) atoms. The molecule has 0 saturated heterocycles. The minimum Gasteiger partial charge on any atom is -0.229 e. The van der Waals surface area contributed by atoms with Crippen LogP contribution in [0.5, 0.6) is 0 Å². The Kier molecular flexibility index (Phi) is 3.54. The molecule has 0 unspecified atom stereocenters. The van der Waals surface area contributed by atoms with Gasteiger partial charge in [0.2, 0.25) is 0 Å². The van der Waals surface area contributed by atoms with Crippen LogP contribution in [0.3, 0.4) is 0 Å². The molecule has 2 rings (SSSR count). The fourth-order valence-electron chi connectivity index (χ4n) is 1.54. The van der Waals surface area contributed by atoms with E-state index < -0.39 is 0 Å². The quantitative estimate of drug-likeness (QED) is 0.806. The summed E-state index contributed by atoms with van der Waals surface area (Å²) in [7, 11) is 0. The summed E-state index contributed by atoms with van der Waals surface area (Å²) in [5, 5.41) is 3.10. The van der Waals surface area contributed by atoms with E-state index in [2.05, 4.69) is 52.1 Å². The summed E-state index contributed by atoms with van der Waals surface area (Å²) in [5.74, 6) is 0. The first kappa shape index (κ1) is 10.8. The van der Waals surface area contributed by atoms with Crippen LogP contribution in [0.2, 0.25) is 0 Å². The number of hydrogen-bond acceptors (Lipinski definition) is 2. The molecule has 0 radical (unpaired) electrons. The number of hydrogen-bond donors (Lipinski definition) is 0. The van der Waals surface area contributed by atoms with Crippen LogP contribution in [0.15, 0.2) is 34.2 Å². The van der Waals surface area contributed by atoms with Crippen molar-refractivity contribution in [3.8, 4) is 10.6 Å². The number of rotatable bonds is 3. The van der Waals surface area contributed by atoms with Crippen LogP contribution in [-0.4, -0.2) is 4.98 Å². The van der Waals surface area contributed by atoms with Gasteiger partial charge in [0, 0.05) is 10.9 Å². The largest absolute Gasteiger partial charge is 0.229 e. The normalized spacial score (nSPS) is 10.5. The maximum absolute atomic E-state index is 4.42. The van der Waals surface area contributed by atoms with Crippen molar-refractivity contribution in [3.05, 3.63) is 39.8 Å². The molecule has 1 heterocycles. The van der Waals surface area contributed by atoms with E-state index in [1.165, 1.54) is 17.5 Å². The van der Waals surface area contributed by atoms with Crippen LogP contribution in [0, 0.1) is 0 Å². The topological polar surface area (TPSA) is 12.9 Å². The molecule has 0 spiro atoms. The molecule has 0 aliphatic rings. The molecular weight excluding hydrogens is 270 g/mol. The van der Waals surface area contributed by atoms with Crippen LogP contribution in [0.1, 0.15) is 18.9 Å². The zero-order valence-corrected chi connectivity index (χ0v) is 10.9. The first-order chi connectivity index (χ1) is 7.29. The molecule has 0 N–H and O–H groups in total. The summed E-state index contributed by atoms with van der Waals surface area (Å²) < 4.78 is 0.920. The molecule has 2 aromatic rings. The molecule has 0 bridgehead atoms. The van der Waals surface area contributed by atoms with Crippen LogP contribution in [-0.2, 0) is 6.42 Å². The van der Waals surface area contributed by atoms with Crippen molar-refractivity contribution in [2.75, 3.05) is 0 Å². The van der Waals surface area contributed by atoms with Gasteiger partial charge in [0.1, 0.15) is 9.61 Å². The van der Waals surface area contributed by atoms with E-state index in [1.54, 1.807) is 11.3 Å². The van der Waals surface area contributed by atoms with E-state index in [0.29, 0.717) is 0 Å². The van der Waals surface area contributed by atoms with Crippen molar-refractivity contribution in [1.29, 1.82) is 0 Å². The SMILES string of the molecule is CCCc1cccc(-c2nc(Br)cs2)c1. The summed E-state index contributed by atoms with van der Waals surface area (Å²) in [6.07, 6.45) is 2.32. The Balaban J connectivity index is 2.32. The van der Waals surface area contributed by atoms with Crippen LogP contribution < -0.4 is 0 Å². The summed E-state index contributed by atoms with van der Waals surface area (Å²) in [5.41, 5.74) is 2.61. The second kappa shape index (κ2) is 4.90. The van der Waals surface area contributed by atoms with Gasteiger partial charge in [0.05, 0.1) is 0 Å². The lowest BCUT2D eigenvalue weighted by Gasteiger charge is -2.01. The minimum absolute atomic E-state index is 0.920. The summed E-state index contributed by atoms with van der Waals surface area (Å²) in [6, 6.07) is 8.63. The van der Waals surface area contributed by atoms with Gasteiger partial charge in [-0.15, -0.1) is 11.3 Å². The highest BCUT2D eigenvalue weighted by Gasteiger charge is 2.03. The number of aromatic nitrogens is 1. The summed E-state index contributed by atoms with van der Waals surface area (Å²) in [4.78, 5) is 4.42. The molecule has 1 aromatic carbocycles. The number of aryl methyl sites for hydroxylation is 1. The van der Waals surface area contributed by atoms with Gasteiger partial charge in [-0.05, 0) is 34.0 Å². The van der Waals surface area contributed by atoms with Gasteiger partial charge < -0.3 is 0 Å². The van der Waals surface area contributed by atoms with Gasteiger partial charge in [-0.3, -0.25) is 0 Å². The first-order valence-electron chi connectivity index (χ1n) is 5.00. The molecule has 3 heteroatoms. The van der Waals surface area contributed by atoms with Crippen molar-refractivity contribution in [3.63, 3.8) is 0 Å². The minimum atomic E-state index is 0.920. The van der Waals surface area contributed by atoms with Crippen molar-refractivity contribution in [2.45, 2.75) is 19.8 Å². The fraction of sp³-hybridized carbons (Fsp3) is 0.250. The smallest absolute Gasteiger partial charge is 0.124 e. The molecular formula is C12H12BrNS. The Labute approximate surface area is 102 Å². The Morgan fingerprint density at radius 3 is 2.93 bits per heavy atom. The fourth-order valence-corrected chi connectivity index (χ4v) is 2.79. The average Bonchev–Trinajstić information content (AvgIpc) is 2.66. The van der Waals surface area contributed by atoms with E-state index >= 15 is 0 Å². The van der Waals surface area contributed by atoms with E-state index in [1.807, 2.05) is 5.38 Å². The van der Waals surface area contributed by atoms with Crippen molar-refractivity contribution in [2.24, 2.45) is 0 Å². The van der Waals surface area contributed by atoms with E-state index in [9.17, 15) is 0 Å². The highest BCUT2D eigenvalue weighted by atomic mass is 79.9. The van der Waals surface area contributed by atoms with E-state index in [0.717, 1.165) is 16.0 Å². The van der Waals surface area contributed by atoms with E-state index in [-0.39, 0.29) is 0 Å². The molecule has 0 fully saturated rings. The van der Waals surface area contributed by atoms with Gasteiger partial charge >= 0.3 is 0 Å². The highest BCUT2D eigenvalue weighted by molar-refractivity contribution is 9.10. The zero-order chi connectivity index (χ0) is 10.7. The Bertz CT molecular complexity index is 450. The predicted molar refractivity (Wildman–Crippen MR) is 69.2 cm³/mol. The molecule has 0 saturated carbocycles. The molecule has 0 aliphatic heterocycles.